The van der Waals surface area contributed by atoms with Crippen LogP contribution in [0.4, 0.5) is 19.0 Å². The molecule has 1 aromatic heterocycles. The van der Waals surface area contributed by atoms with Crippen molar-refractivity contribution in [2.45, 2.75) is 25.6 Å². The Kier molecular flexibility index (Phi) is 4.21. The van der Waals surface area contributed by atoms with Crippen LogP contribution in [0.1, 0.15) is 19.4 Å². The van der Waals surface area contributed by atoms with Crippen LogP contribution in [0.15, 0.2) is 18.3 Å². The Morgan fingerprint density at radius 1 is 1.22 bits per heavy atom. The SMILES string of the molecule is CN(C)C(C)(C)CNc1ccc(C(F)(F)F)cn1. The number of hydrogen-bond acceptors (Lipinski definition) is 3. The molecule has 0 atom stereocenters. The predicted molar refractivity (Wildman–Crippen MR) is 65.5 cm³/mol. The van der Waals surface area contributed by atoms with Crippen LogP contribution >= 0.6 is 0 Å². The Bertz CT molecular complexity index is 383. The van der Waals surface area contributed by atoms with Gasteiger partial charge in [0, 0.05) is 18.3 Å². The van der Waals surface area contributed by atoms with E-state index in [0.29, 0.717) is 12.4 Å². The van der Waals surface area contributed by atoms with Crippen LogP contribution in [0.2, 0.25) is 0 Å². The highest BCUT2D eigenvalue weighted by atomic mass is 19.4. The first-order valence-electron chi connectivity index (χ1n) is 5.57. The van der Waals surface area contributed by atoms with Crippen LogP contribution in [-0.4, -0.2) is 36.1 Å². The molecule has 18 heavy (non-hydrogen) atoms. The number of anilines is 1. The third-order valence-electron chi connectivity index (χ3n) is 3.00. The summed E-state index contributed by atoms with van der Waals surface area (Å²) in [5, 5.41) is 3.02. The molecule has 0 fully saturated rings. The van der Waals surface area contributed by atoms with Crippen molar-refractivity contribution in [1.29, 1.82) is 0 Å². The van der Waals surface area contributed by atoms with Gasteiger partial charge in [-0.1, -0.05) is 0 Å². The average molecular weight is 261 g/mol. The van der Waals surface area contributed by atoms with E-state index in [-0.39, 0.29) is 5.54 Å². The molecule has 0 aromatic carbocycles. The average Bonchev–Trinajstić information content (AvgIpc) is 2.25. The number of hydrogen-bond donors (Lipinski definition) is 1. The third kappa shape index (κ3) is 3.87. The Balaban J connectivity index is 2.65. The third-order valence-corrected chi connectivity index (χ3v) is 3.00. The molecule has 1 heterocycles. The smallest absolute Gasteiger partial charge is 0.368 e. The summed E-state index contributed by atoms with van der Waals surface area (Å²) in [5.41, 5.74) is -0.843. The summed E-state index contributed by atoms with van der Waals surface area (Å²) in [6.45, 7) is 4.66. The number of rotatable bonds is 4. The minimum atomic E-state index is -4.34. The Morgan fingerprint density at radius 2 is 1.83 bits per heavy atom. The van der Waals surface area contributed by atoms with Crippen molar-refractivity contribution in [1.82, 2.24) is 9.88 Å². The number of halogens is 3. The first-order valence-corrected chi connectivity index (χ1v) is 5.57. The highest BCUT2D eigenvalue weighted by molar-refractivity contribution is 5.36. The molecule has 0 saturated carbocycles. The van der Waals surface area contributed by atoms with Crippen molar-refractivity contribution < 1.29 is 13.2 Å². The minimum absolute atomic E-state index is 0.107. The topological polar surface area (TPSA) is 28.2 Å². The van der Waals surface area contributed by atoms with Gasteiger partial charge in [0.25, 0.3) is 0 Å². The molecule has 3 nitrogen and oxygen atoms in total. The van der Waals surface area contributed by atoms with Gasteiger partial charge in [-0.25, -0.2) is 4.98 Å². The molecule has 0 saturated heterocycles. The quantitative estimate of drug-likeness (QED) is 0.903. The Morgan fingerprint density at radius 3 is 2.22 bits per heavy atom. The van der Waals surface area contributed by atoms with E-state index in [1.807, 2.05) is 32.8 Å². The normalized spacial score (nSPS) is 12.9. The van der Waals surface area contributed by atoms with Crippen LogP contribution in [-0.2, 0) is 6.18 Å². The van der Waals surface area contributed by atoms with Gasteiger partial charge in [0.1, 0.15) is 5.82 Å². The first-order chi connectivity index (χ1) is 8.13. The molecular formula is C12H18F3N3. The monoisotopic (exact) mass is 261 g/mol. The predicted octanol–water partition coefficient (Wildman–Crippen LogP) is 2.85. The fraction of sp³-hybridized carbons (Fsp3) is 0.583. The van der Waals surface area contributed by atoms with Gasteiger partial charge in [-0.05, 0) is 40.1 Å². The zero-order valence-corrected chi connectivity index (χ0v) is 11.0. The van der Waals surface area contributed by atoms with Crippen molar-refractivity contribution in [3.05, 3.63) is 23.9 Å². The van der Waals surface area contributed by atoms with Crippen molar-refractivity contribution in [3.63, 3.8) is 0 Å². The molecule has 102 valence electrons. The molecule has 1 rings (SSSR count). The van der Waals surface area contributed by atoms with Gasteiger partial charge in [0.15, 0.2) is 0 Å². The van der Waals surface area contributed by atoms with Crippen LogP contribution in [0.3, 0.4) is 0 Å². The number of alkyl halides is 3. The summed E-state index contributed by atoms with van der Waals surface area (Å²) in [6, 6.07) is 2.37. The van der Waals surface area contributed by atoms with E-state index in [4.69, 9.17) is 0 Å². The van der Waals surface area contributed by atoms with Gasteiger partial charge in [-0.2, -0.15) is 13.2 Å². The standard InChI is InChI=1S/C12H18F3N3/c1-11(2,18(3)4)8-17-10-6-5-9(7-16-10)12(13,14)15/h5-7H,8H2,1-4H3,(H,16,17). The lowest BCUT2D eigenvalue weighted by Crippen LogP contribution is -2.44. The molecule has 6 heteroatoms. The maximum absolute atomic E-state index is 12.3. The summed E-state index contributed by atoms with van der Waals surface area (Å²) in [6.07, 6.45) is -3.50. The fourth-order valence-corrected chi connectivity index (χ4v) is 1.13. The van der Waals surface area contributed by atoms with Crippen molar-refractivity contribution in [2.24, 2.45) is 0 Å². The molecule has 0 spiro atoms. The summed E-state index contributed by atoms with van der Waals surface area (Å²) >= 11 is 0. The molecule has 1 N–H and O–H groups in total. The van der Waals surface area contributed by atoms with E-state index in [1.54, 1.807) is 0 Å². The molecule has 0 aliphatic rings. The Labute approximate surface area is 105 Å². The summed E-state index contributed by atoms with van der Waals surface area (Å²) in [4.78, 5) is 5.79. The minimum Gasteiger partial charge on any atom is -0.368 e. The van der Waals surface area contributed by atoms with E-state index in [1.165, 1.54) is 6.07 Å². The maximum Gasteiger partial charge on any atom is 0.417 e. The second-order valence-corrected chi connectivity index (χ2v) is 4.99. The Hall–Kier alpha value is -1.30. The molecule has 0 aliphatic heterocycles. The number of nitrogens with one attached hydrogen (secondary N) is 1. The van der Waals surface area contributed by atoms with Gasteiger partial charge in [0.05, 0.1) is 5.56 Å². The van der Waals surface area contributed by atoms with Gasteiger partial charge < -0.3 is 10.2 Å². The highest BCUT2D eigenvalue weighted by Crippen LogP contribution is 2.28. The van der Waals surface area contributed by atoms with Gasteiger partial charge in [0.2, 0.25) is 0 Å². The maximum atomic E-state index is 12.3. The second-order valence-electron chi connectivity index (χ2n) is 4.99. The molecular weight excluding hydrogens is 243 g/mol. The second kappa shape index (κ2) is 5.14. The highest BCUT2D eigenvalue weighted by Gasteiger charge is 2.30. The van der Waals surface area contributed by atoms with E-state index in [2.05, 4.69) is 10.3 Å². The number of pyridine rings is 1. The molecule has 0 aliphatic carbocycles. The van der Waals surface area contributed by atoms with E-state index >= 15 is 0 Å². The van der Waals surface area contributed by atoms with E-state index in [9.17, 15) is 13.2 Å². The van der Waals surface area contributed by atoms with Gasteiger partial charge in [-0.3, -0.25) is 0 Å². The van der Waals surface area contributed by atoms with Crippen molar-refractivity contribution in [2.75, 3.05) is 26.0 Å². The number of likely N-dealkylation sites (N-methyl/N-ethyl adjacent to an activating group) is 1. The summed E-state index contributed by atoms with van der Waals surface area (Å²) in [5.74, 6) is 0.443. The molecule has 0 radical (unpaired) electrons. The van der Waals surface area contributed by atoms with E-state index in [0.717, 1.165) is 12.3 Å². The van der Waals surface area contributed by atoms with E-state index < -0.39 is 11.7 Å². The number of nitrogens with zero attached hydrogens (tertiary/aromatic N) is 2. The lowest BCUT2D eigenvalue weighted by Gasteiger charge is -2.32. The first kappa shape index (κ1) is 14.8. The van der Waals surface area contributed by atoms with Crippen molar-refractivity contribution >= 4 is 5.82 Å². The van der Waals surface area contributed by atoms with Crippen LogP contribution in [0.25, 0.3) is 0 Å². The molecule has 0 amide bonds. The van der Waals surface area contributed by atoms with Gasteiger partial charge in [-0.15, -0.1) is 0 Å². The van der Waals surface area contributed by atoms with Crippen LogP contribution in [0, 0.1) is 0 Å². The zero-order chi connectivity index (χ0) is 14.0. The van der Waals surface area contributed by atoms with Crippen LogP contribution in [0.5, 0.6) is 0 Å². The molecule has 0 unspecified atom stereocenters. The number of aromatic nitrogens is 1. The lowest BCUT2D eigenvalue weighted by molar-refractivity contribution is -0.137. The zero-order valence-electron chi connectivity index (χ0n) is 11.0. The lowest BCUT2D eigenvalue weighted by atomic mass is 10.0. The fourth-order valence-electron chi connectivity index (χ4n) is 1.13. The largest absolute Gasteiger partial charge is 0.417 e. The van der Waals surface area contributed by atoms with Crippen molar-refractivity contribution in [3.8, 4) is 0 Å². The van der Waals surface area contributed by atoms with Gasteiger partial charge >= 0.3 is 6.18 Å². The molecule has 1 aromatic rings. The molecule has 0 bridgehead atoms. The summed E-state index contributed by atoms with van der Waals surface area (Å²) in [7, 11) is 3.89. The van der Waals surface area contributed by atoms with Crippen LogP contribution < -0.4 is 5.32 Å². The summed E-state index contributed by atoms with van der Waals surface area (Å²) < 4.78 is 37.0.